The Morgan fingerprint density at radius 2 is 1.97 bits per heavy atom. The number of amides is 1. The van der Waals surface area contributed by atoms with Gasteiger partial charge in [-0.3, -0.25) is 9.59 Å². The van der Waals surface area contributed by atoms with Gasteiger partial charge in [0.2, 0.25) is 0 Å². The van der Waals surface area contributed by atoms with Gasteiger partial charge in [0, 0.05) is 17.5 Å². The van der Waals surface area contributed by atoms with Crippen molar-refractivity contribution >= 4 is 23.2 Å². The van der Waals surface area contributed by atoms with E-state index in [0.29, 0.717) is 35.4 Å². The van der Waals surface area contributed by atoms with E-state index < -0.39 is 6.10 Å². The molecule has 1 aliphatic rings. The van der Waals surface area contributed by atoms with Crippen LogP contribution in [-0.4, -0.2) is 47.7 Å². The molecule has 0 aliphatic heterocycles. The van der Waals surface area contributed by atoms with Crippen LogP contribution in [-0.2, 0) is 9.53 Å². The molecule has 2 rings (SSSR count). The number of nitrogens with zero attached hydrogens (tertiary/aromatic N) is 1. The molecule has 0 saturated heterocycles. The van der Waals surface area contributed by atoms with Crippen LogP contribution in [0, 0.1) is 17.8 Å². The molecule has 0 aromatic carbocycles. The maximum atomic E-state index is 13.1. The highest BCUT2D eigenvalue weighted by Gasteiger charge is 2.27. The zero-order chi connectivity index (χ0) is 25.1. The van der Waals surface area contributed by atoms with Crippen molar-refractivity contribution in [2.24, 2.45) is 17.8 Å². The third-order valence-corrected chi connectivity index (χ3v) is 7.70. The van der Waals surface area contributed by atoms with Gasteiger partial charge in [-0.2, -0.15) is 0 Å². The zero-order valence-electron chi connectivity index (χ0n) is 21.2. The number of thiazole rings is 1. The summed E-state index contributed by atoms with van der Waals surface area (Å²) in [6.07, 6.45) is 8.79. The average Bonchev–Trinajstić information content (AvgIpc) is 3.32. The van der Waals surface area contributed by atoms with Crippen molar-refractivity contribution in [2.75, 3.05) is 13.7 Å². The van der Waals surface area contributed by atoms with Gasteiger partial charge in [0.25, 0.3) is 5.91 Å². The van der Waals surface area contributed by atoms with E-state index in [9.17, 15) is 14.7 Å². The number of hydrogen-bond acceptors (Lipinski definition) is 7. The van der Waals surface area contributed by atoms with Crippen molar-refractivity contribution in [3.8, 4) is 0 Å². The minimum absolute atomic E-state index is 0.133. The van der Waals surface area contributed by atoms with Crippen molar-refractivity contribution in [3.63, 3.8) is 0 Å². The first-order valence-electron chi connectivity index (χ1n) is 12.6. The molecule has 34 heavy (non-hydrogen) atoms. The van der Waals surface area contributed by atoms with Gasteiger partial charge < -0.3 is 20.5 Å². The maximum absolute atomic E-state index is 13.1. The third kappa shape index (κ3) is 9.12. The maximum Gasteiger partial charge on any atom is 0.309 e. The Hall–Kier alpha value is -1.77. The van der Waals surface area contributed by atoms with Crippen LogP contribution in [0.3, 0.4) is 0 Å². The third-order valence-electron chi connectivity index (χ3n) is 6.75. The molecule has 1 aromatic rings. The van der Waals surface area contributed by atoms with Gasteiger partial charge >= 0.3 is 5.97 Å². The van der Waals surface area contributed by atoms with Gasteiger partial charge in [0.15, 0.2) is 0 Å². The van der Waals surface area contributed by atoms with Crippen LogP contribution < -0.4 is 10.6 Å². The van der Waals surface area contributed by atoms with E-state index in [-0.39, 0.29) is 36.5 Å². The summed E-state index contributed by atoms with van der Waals surface area (Å²) in [5.74, 6) is 0.0827. The molecule has 1 amide bonds. The highest BCUT2D eigenvalue weighted by atomic mass is 32.1. The standard InChI is InChI=1S/C26H43N3O4S/c1-6-12-33-26(32)18(4)13-20(14-19-10-8-7-9-11-19)28-24(31)22-16-34-25(29-22)23(30)15-21(27-5)17(2)3/h6,16-21,23,27,30H,1,7-15H2,2-5H3,(H,28,31)/t18-,20+,21+,23+/m0/s1. The largest absolute Gasteiger partial charge is 0.461 e. The van der Waals surface area contributed by atoms with E-state index in [4.69, 9.17) is 4.74 Å². The molecule has 1 aromatic heterocycles. The Bertz CT molecular complexity index is 776. The number of carbonyl (C=O) groups is 2. The summed E-state index contributed by atoms with van der Waals surface area (Å²) in [5, 5.41) is 19.2. The number of nitrogens with one attached hydrogen (secondary N) is 2. The fraction of sp³-hybridized carbons (Fsp3) is 0.731. The molecular weight excluding hydrogens is 450 g/mol. The second-order valence-corrected chi connectivity index (χ2v) is 10.8. The summed E-state index contributed by atoms with van der Waals surface area (Å²) in [5.41, 5.74) is 0.320. The monoisotopic (exact) mass is 493 g/mol. The molecule has 1 fully saturated rings. The first kappa shape index (κ1) is 28.5. The number of aliphatic hydroxyl groups excluding tert-OH is 1. The average molecular weight is 494 g/mol. The number of aliphatic hydroxyl groups is 1. The highest BCUT2D eigenvalue weighted by Crippen LogP contribution is 2.29. The van der Waals surface area contributed by atoms with Crippen LogP contribution in [0.1, 0.15) is 93.7 Å². The SMILES string of the molecule is C=CCOC(=O)[C@@H](C)C[C@H](CC1CCCCC1)NC(=O)c1csc([C@H](O)C[C@@H](NC)C(C)C)n1. The van der Waals surface area contributed by atoms with Gasteiger partial charge in [-0.25, -0.2) is 4.98 Å². The van der Waals surface area contributed by atoms with Crippen molar-refractivity contribution in [1.29, 1.82) is 0 Å². The van der Waals surface area contributed by atoms with Gasteiger partial charge in [0.05, 0.1) is 5.92 Å². The molecule has 8 heteroatoms. The van der Waals surface area contributed by atoms with Crippen LogP contribution >= 0.6 is 11.3 Å². The zero-order valence-corrected chi connectivity index (χ0v) is 22.0. The lowest BCUT2D eigenvalue weighted by Gasteiger charge is -2.28. The van der Waals surface area contributed by atoms with E-state index >= 15 is 0 Å². The summed E-state index contributed by atoms with van der Waals surface area (Å²) in [7, 11) is 1.89. The Kier molecular flexibility index (Phi) is 12.2. The van der Waals surface area contributed by atoms with Crippen LogP contribution in [0.25, 0.3) is 0 Å². The Balaban J connectivity index is 2.04. The first-order valence-corrected chi connectivity index (χ1v) is 13.5. The van der Waals surface area contributed by atoms with Crippen molar-refractivity contribution in [2.45, 2.75) is 90.3 Å². The predicted molar refractivity (Wildman–Crippen MR) is 137 cm³/mol. The number of hydrogen-bond donors (Lipinski definition) is 3. The number of aromatic nitrogens is 1. The lowest BCUT2D eigenvalue weighted by molar-refractivity contribution is -0.147. The number of esters is 1. The molecule has 0 unspecified atom stereocenters. The molecule has 192 valence electrons. The van der Waals surface area contributed by atoms with Gasteiger partial charge in [-0.15, -0.1) is 11.3 Å². The Labute approximate surface area is 208 Å². The fourth-order valence-corrected chi connectivity index (χ4v) is 5.51. The van der Waals surface area contributed by atoms with Crippen LogP contribution in [0.2, 0.25) is 0 Å². The van der Waals surface area contributed by atoms with E-state index in [0.717, 1.165) is 19.3 Å². The van der Waals surface area contributed by atoms with Crippen molar-refractivity contribution in [1.82, 2.24) is 15.6 Å². The van der Waals surface area contributed by atoms with Gasteiger partial charge in [0.1, 0.15) is 23.4 Å². The van der Waals surface area contributed by atoms with Crippen LogP contribution in [0.15, 0.2) is 18.0 Å². The predicted octanol–water partition coefficient (Wildman–Crippen LogP) is 4.63. The van der Waals surface area contributed by atoms with Crippen molar-refractivity contribution < 1.29 is 19.4 Å². The summed E-state index contributed by atoms with van der Waals surface area (Å²) >= 11 is 1.31. The smallest absolute Gasteiger partial charge is 0.309 e. The lowest BCUT2D eigenvalue weighted by Crippen LogP contribution is -2.39. The fourth-order valence-electron chi connectivity index (χ4n) is 4.71. The molecular formula is C26H43N3O4S. The summed E-state index contributed by atoms with van der Waals surface area (Å²) in [4.78, 5) is 29.8. The molecule has 1 aliphatic carbocycles. The molecule has 0 spiro atoms. The summed E-state index contributed by atoms with van der Waals surface area (Å²) < 4.78 is 5.21. The number of ether oxygens (including phenoxy) is 1. The van der Waals surface area contributed by atoms with E-state index in [1.165, 1.54) is 30.6 Å². The van der Waals surface area contributed by atoms with Crippen LogP contribution in [0.4, 0.5) is 0 Å². The molecule has 3 N–H and O–H groups in total. The van der Waals surface area contributed by atoms with Crippen molar-refractivity contribution in [3.05, 3.63) is 28.7 Å². The quantitative estimate of drug-likeness (QED) is 0.258. The summed E-state index contributed by atoms with van der Waals surface area (Å²) in [6, 6.07) is 0.0324. The molecule has 4 atom stereocenters. The lowest BCUT2D eigenvalue weighted by atomic mass is 9.83. The highest BCUT2D eigenvalue weighted by molar-refractivity contribution is 7.09. The second-order valence-electron chi connectivity index (χ2n) is 9.93. The molecule has 0 radical (unpaired) electrons. The Morgan fingerprint density at radius 1 is 1.26 bits per heavy atom. The second kappa shape index (κ2) is 14.6. The molecule has 7 nitrogen and oxygen atoms in total. The minimum atomic E-state index is -0.718. The first-order chi connectivity index (χ1) is 16.2. The van der Waals surface area contributed by atoms with Gasteiger partial charge in [-0.05, 0) is 38.1 Å². The van der Waals surface area contributed by atoms with Gasteiger partial charge in [-0.1, -0.05) is 65.5 Å². The molecule has 1 heterocycles. The van der Waals surface area contributed by atoms with E-state index in [1.807, 2.05) is 14.0 Å². The number of carbonyl (C=O) groups excluding carboxylic acids is 2. The van der Waals surface area contributed by atoms with Crippen LogP contribution in [0.5, 0.6) is 0 Å². The number of rotatable bonds is 14. The van der Waals surface area contributed by atoms with E-state index in [1.54, 1.807) is 11.5 Å². The molecule has 0 bridgehead atoms. The van der Waals surface area contributed by atoms with E-state index in [2.05, 4.69) is 36.0 Å². The summed E-state index contributed by atoms with van der Waals surface area (Å²) in [6.45, 7) is 9.83. The normalized spacial score (nSPS) is 18.2. The minimum Gasteiger partial charge on any atom is -0.461 e. The topological polar surface area (TPSA) is 101 Å². The Morgan fingerprint density at radius 3 is 2.59 bits per heavy atom. The molecule has 1 saturated carbocycles.